The standard InChI is InChI=1S/C20H28N2O4S/c1-5-22(6-2)27(23,24)20-9-7-16(8-10-20)14-21-15-17-11-18(25-3)13-19(12-17)26-4/h7-13,21H,5-6,14-15H2,1-4H3. The van der Waals surface area contributed by atoms with Gasteiger partial charge in [0.2, 0.25) is 10.0 Å². The Kier molecular flexibility index (Phi) is 7.65. The molecule has 148 valence electrons. The van der Waals surface area contributed by atoms with E-state index >= 15 is 0 Å². The van der Waals surface area contributed by atoms with Gasteiger partial charge >= 0.3 is 0 Å². The van der Waals surface area contributed by atoms with Crippen molar-refractivity contribution >= 4 is 10.0 Å². The molecule has 0 aliphatic carbocycles. The SMILES string of the molecule is CCN(CC)S(=O)(=O)c1ccc(CNCc2cc(OC)cc(OC)c2)cc1. The number of rotatable bonds is 10. The van der Waals surface area contributed by atoms with Gasteiger partial charge in [-0.3, -0.25) is 0 Å². The number of methoxy groups -OCH3 is 2. The highest BCUT2D eigenvalue weighted by atomic mass is 32.2. The molecule has 0 spiro atoms. The molecule has 0 radical (unpaired) electrons. The molecule has 2 rings (SSSR count). The summed E-state index contributed by atoms with van der Waals surface area (Å²) in [6.07, 6.45) is 0. The molecule has 0 aliphatic heterocycles. The summed E-state index contributed by atoms with van der Waals surface area (Å²) in [5.41, 5.74) is 2.07. The van der Waals surface area contributed by atoms with Crippen molar-refractivity contribution in [2.24, 2.45) is 0 Å². The van der Waals surface area contributed by atoms with Crippen LogP contribution in [0.4, 0.5) is 0 Å². The molecule has 0 atom stereocenters. The predicted molar refractivity (Wildman–Crippen MR) is 107 cm³/mol. The maximum atomic E-state index is 12.5. The van der Waals surface area contributed by atoms with Crippen LogP contribution in [-0.2, 0) is 23.1 Å². The summed E-state index contributed by atoms with van der Waals surface area (Å²) in [5.74, 6) is 1.49. The molecule has 0 aromatic heterocycles. The predicted octanol–water partition coefficient (Wildman–Crippen LogP) is 3.02. The fourth-order valence-electron chi connectivity index (χ4n) is 2.81. The minimum Gasteiger partial charge on any atom is -0.497 e. The van der Waals surface area contributed by atoms with Crippen LogP contribution >= 0.6 is 0 Å². The second-order valence-electron chi connectivity index (χ2n) is 6.06. The fraction of sp³-hybridized carbons (Fsp3) is 0.400. The van der Waals surface area contributed by atoms with Crippen LogP contribution in [0.3, 0.4) is 0 Å². The molecule has 0 aliphatic rings. The van der Waals surface area contributed by atoms with Gasteiger partial charge in [0.05, 0.1) is 19.1 Å². The molecule has 0 saturated heterocycles. The first-order valence-electron chi connectivity index (χ1n) is 8.96. The Labute approximate surface area is 162 Å². The number of hydrogen-bond donors (Lipinski definition) is 1. The average Bonchev–Trinajstić information content (AvgIpc) is 2.68. The third-order valence-electron chi connectivity index (χ3n) is 4.34. The smallest absolute Gasteiger partial charge is 0.243 e. The number of nitrogens with one attached hydrogen (secondary N) is 1. The maximum Gasteiger partial charge on any atom is 0.243 e. The topological polar surface area (TPSA) is 67.9 Å². The van der Waals surface area contributed by atoms with E-state index in [4.69, 9.17) is 9.47 Å². The maximum absolute atomic E-state index is 12.5. The Morgan fingerprint density at radius 2 is 1.37 bits per heavy atom. The van der Waals surface area contributed by atoms with E-state index in [1.807, 2.05) is 44.2 Å². The number of benzene rings is 2. The zero-order chi connectivity index (χ0) is 19.9. The van der Waals surface area contributed by atoms with Gasteiger partial charge in [-0.15, -0.1) is 0 Å². The van der Waals surface area contributed by atoms with Crippen molar-refractivity contribution in [3.63, 3.8) is 0 Å². The van der Waals surface area contributed by atoms with Gasteiger partial charge in [-0.05, 0) is 35.4 Å². The van der Waals surface area contributed by atoms with Crippen LogP contribution in [0.25, 0.3) is 0 Å². The van der Waals surface area contributed by atoms with Crippen molar-refractivity contribution in [2.75, 3.05) is 27.3 Å². The number of hydrogen-bond acceptors (Lipinski definition) is 5. The van der Waals surface area contributed by atoms with Crippen LogP contribution in [0.2, 0.25) is 0 Å². The molecule has 6 nitrogen and oxygen atoms in total. The molecule has 0 unspecified atom stereocenters. The summed E-state index contributed by atoms with van der Waals surface area (Å²) in [4.78, 5) is 0.326. The number of sulfonamides is 1. The highest BCUT2D eigenvalue weighted by Crippen LogP contribution is 2.22. The van der Waals surface area contributed by atoms with E-state index in [1.54, 1.807) is 26.4 Å². The van der Waals surface area contributed by atoms with Crippen molar-refractivity contribution in [2.45, 2.75) is 31.8 Å². The van der Waals surface area contributed by atoms with Crippen LogP contribution in [-0.4, -0.2) is 40.0 Å². The van der Waals surface area contributed by atoms with E-state index in [2.05, 4.69) is 5.32 Å². The van der Waals surface area contributed by atoms with Gasteiger partial charge in [0.15, 0.2) is 0 Å². The van der Waals surface area contributed by atoms with E-state index in [-0.39, 0.29) is 0 Å². The Morgan fingerprint density at radius 3 is 1.85 bits per heavy atom. The van der Waals surface area contributed by atoms with E-state index in [0.717, 1.165) is 22.6 Å². The van der Waals surface area contributed by atoms with E-state index in [1.165, 1.54) is 4.31 Å². The molecule has 7 heteroatoms. The molecular formula is C20H28N2O4S. The Hall–Kier alpha value is -2.09. The molecule has 2 aromatic rings. The van der Waals surface area contributed by atoms with Crippen molar-refractivity contribution in [3.8, 4) is 11.5 Å². The fourth-order valence-corrected chi connectivity index (χ4v) is 4.27. The van der Waals surface area contributed by atoms with Crippen LogP contribution in [0.15, 0.2) is 47.4 Å². The van der Waals surface area contributed by atoms with Crippen LogP contribution in [0.5, 0.6) is 11.5 Å². The highest BCUT2D eigenvalue weighted by molar-refractivity contribution is 7.89. The minimum absolute atomic E-state index is 0.326. The largest absolute Gasteiger partial charge is 0.497 e. The van der Waals surface area contributed by atoms with Crippen molar-refractivity contribution in [1.29, 1.82) is 0 Å². The lowest BCUT2D eigenvalue weighted by atomic mass is 10.2. The molecule has 1 N–H and O–H groups in total. The van der Waals surface area contributed by atoms with Crippen molar-refractivity contribution in [1.82, 2.24) is 9.62 Å². The first kappa shape index (κ1) is 21.2. The van der Waals surface area contributed by atoms with Gasteiger partial charge < -0.3 is 14.8 Å². The second kappa shape index (κ2) is 9.73. The normalized spacial score (nSPS) is 11.6. The monoisotopic (exact) mass is 392 g/mol. The third kappa shape index (κ3) is 5.45. The van der Waals surface area contributed by atoms with Gasteiger partial charge in [0.25, 0.3) is 0 Å². The zero-order valence-electron chi connectivity index (χ0n) is 16.4. The Balaban J connectivity index is 2.00. The summed E-state index contributed by atoms with van der Waals surface area (Å²) < 4.78 is 37.0. The summed E-state index contributed by atoms with van der Waals surface area (Å²) in [7, 11) is -0.162. The van der Waals surface area contributed by atoms with Gasteiger partial charge in [-0.1, -0.05) is 26.0 Å². The molecule has 0 bridgehead atoms. The molecule has 0 fully saturated rings. The molecular weight excluding hydrogens is 364 g/mol. The molecule has 0 amide bonds. The summed E-state index contributed by atoms with van der Waals surface area (Å²) in [5, 5.41) is 3.35. The molecule has 27 heavy (non-hydrogen) atoms. The van der Waals surface area contributed by atoms with Crippen LogP contribution < -0.4 is 14.8 Å². The number of nitrogens with zero attached hydrogens (tertiary/aromatic N) is 1. The van der Waals surface area contributed by atoms with Gasteiger partial charge in [-0.25, -0.2) is 8.42 Å². The molecule has 0 saturated carbocycles. The first-order valence-corrected chi connectivity index (χ1v) is 10.4. The van der Waals surface area contributed by atoms with E-state index in [0.29, 0.717) is 31.1 Å². The summed E-state index contributed by atoms with van der Waals surface area (Å²) >= 11 is 0. The molecule has 0 heterocycles. The summed E-state index contributed by atoms with van der Waals surface area (Å²) in [6.45, 7) is 5.89. The minimum atomic E-state index is -3.41. The molecule has 2 aromatic carbocycles. The Morgan fingerprint density at radius 1 is 0.852 bits per heavy atom. The van der Waals surface area contributed by atoms with Crippen molar-refractivity contribution in [3.05, 3.63) is 53.6 Å². The number of ether oxygens (including phenoxy) is 2. The Bertz CT molecular complexity index is 809. The summed E-state index contributed by atoms with van der Waals surface area (Å²) in [6, 6.07) is 12.8. The van der Waals surface area contributed by atoms with E-state index in [9.17, 15) is 8.42 Å². The van der Waals surface area contributed by atoms with Gasteiger partial charge in [0, 0.05) is 32.2 Å². The third-order valence-corrected chi connectivity index (χ3v) is 6.40. The lowest BCUT2D eigenvalue weighted by Crippen LogP contribution is -2.30. The van der Waals surface area contributed by atoms with E-state index < -0.39 is 10.0 Å². The average molecular weight is 393 g/mol. The second-order valence-corrected chi connectivity index (χ2v) is 8.00. The lowest BCUT2D eigenvalue weighted by Gasteiger charge is -2.18. The van der Waals surface area contributed by atoms with Crippen LogP contribution in [0.1, 0.15) is 25.0 Å². The van der Waals surface area contributed by atoms with Crippen molar-refractivity contribution < 1.29 is 17.9 Å². The highest BCUT2D eigenvalue weighted by Gasteiger charge is 2.21. The lowest BCUT2D eigenvalue weighted by molar-refractivity contribution is 0.393. The van der Waals surface area contributed by atoms with Gasteiger partial charge in [-0.2, -0.15) is 4.31 Å². The quantitative estimate of drug-likeness (QED) is 0.673. The zero-order valence-corrected chi connectivity index (χ0v) is 17.2. The first-order chi connectivity index (χ1) is 12.9. The van der Waals surface area contributed by atoms with Gasteiger partial charge in [0.1, 0.15) is 11.5 Å². The van der Waals surface area contributed by atoms with Crippen LogP contribution in [0, 0.1) is 0 Å².